The fraction of sp³-hybridized carbons (Fsp3) is 0.500. The van der Waals surface area contributed by atoms with Crippen LogP contribution in [-0.2, 0) is 27.2 Å². The van der Waals surface area contributed by atoms with E-state index in [9.17, 15) is 14.4 Å². The largest absolute Gasteiger partial charge is 0.462 e. The molecule has 0 spiro atoms. The Kier molecular flexibility index (Phi) is 9.49. The van der Waals surface area contributed by atoms with Crippen LogP contribution in [-0.4, -0.2) is 46.8 Å². The summed E-state index contributed by atoms with van der Waals surface area (Å²) in [6.07, 6.45) is 5.70. The molecular formula is C28H35N3O4S3. The minimum Gasteiger partial charge on any atom is -0.462 e. The number of carbonyl (C=O) groups excluding carboxylic acids is 3. The first-order chi connectivity index (χ1) is 18.2. The average Bonchev–Trinajstić information content (AvgIpc) is 3.53. The second-order valence-corrected chi connectivity index (χ2v) is 13.3. The Bertz CT molecular complexity index is 1270. The van der Waals surface area contributed by atoms with Crippen molar-refractivity contribution in [3.05, 3.63) is 43.6 Å². The SMILES string of the molecule is CCOC(=O)c1c(NC(=O)CSC2=N/C(=C/c3ccc(C)s3)C(=O)N2CC(C)C)sc2c1CCC(CC)C2. The number of aliphatic imine (C=N–C) groups is 1. The van der Waals surface area contributed by atoms with Crippen molar-refractivity contribution in [3.63, 3.8) is 0 Å². The van der Waals surface area contributed by atoms with Gasteiger partial charge in [-0.25, -0.2) is 9.79 Å². The van der Waals surface area contributed by atoms with E-state index in [0.29, 0.717) is 33.9 Å². The molecule has 0 saturated carbocycles. The highest BCUT2D eigenvalue weighted by Crippen LogP contribution is 2.41. The zero-order valence-corrected chi connectivity index (χ0v) is 25.0. The maximum Gasteiger partial charge on any atom is 0.341 e. The van der Waals surface area contributed by atoms with Crippen molar-refractivity contribution in [1.82, 2.24) is 4.90 Å². The Morgan fingerprint density at radius 3 is 2.74 bits per heavy atom. The molecule has 0 saturated heterocycles. The summed E-state index contributed by atoms with van der Waals surface area (Å²) >= 11 is 4.34. The van der Waals surface area contributed by atoms with Gasteiger partial charge in [-0.3, -0.25) is 14.5 Å². The molecule has 0 fully saturated rings. The molecule has 1 N–H and O–H groups in total. The van der Waals surface area contributed by atoms with Gasteiger partial charge in [-0.15, -0.1) is 22.7 Å². The van der Waals surface area contributed by atoms with Crippen LogP contribution in [0.15, 0.2) is 22.8 Å². The summed E-state index contributed by atoms with van der Waals surface area (Å²) < 4.78 is 5.34. The summed E-state index contributed by atoms with van der Waals surface area (Å²) in [5.74, 6) is 0.161. The Balaban J connectivity index is 1.50. The third-order valence-electron chi connectivity index (χ3n) is 6.51. The van der Waals surface area contributed by atoms with Crippen molar-refractivity contribution >= 4 is 68.5 Å². The number of thiophene rings is 2. The first kappa shape index (κ1) is 28.6. The lowest BCUT2D eigenvalue weighted by atomic mass is 9.85. The molecule has 0 bridgehead atoms. The van der Waals surface area contributed by atoms with Gasteiger partial charge in [0.15, 0.2) is 5.17 Å². The van der Waals surface area contributed by atoms with Crippen molar-refractivity contribution in [2.45, 2.75) is 60.3 Å². The molecule has 2 aromatic rings. The summed E-state index contributed by atoms with van der Waals surface area (Å²) in [5, 5.41) is 4.06. The first-order valence-corrected chi connectivity index (χ1v) is 15.7. The molecule has 0 aromatic carbocycles. The summed E-state index contributed by atoms with van der Waals surface area (Å²) in [6, 6.07) is 3.99. The zero-order chi connectivity index (χ0) is 27.4. The van der Waals surface area contributed by atoms with Crippen LogP contribution in [0.4, 0.5) is 5.00 Å². The smallest absolute Gasteiger partial charge is 0.341 e. The fourth-order valence-electron chi connectivity index (χ4n) is 4.64. The molecule has 2 aromatic heterocycles. The predicted octanol–water partition coefficient (Wildman–Crippen LogP) is 6.38. The lowest BCUT2D eigenvalue weighted by molar-refractivity contribution is -0.123. The number of hydrogen-bond donors (Lipinski definition) is 1. The highest BCUT2D eigenvalue weighted by Gasteiger charge is 2.33. The quantitative estimate of drug-likeness (QED) is 0.278. The lowest BCUT2D eigenvalue weighted by Crippen LogP contribution is -2.34. The second kappa shape index (κ2) is 12.6. The molecule has 38 heavy (non-hydrogen) atoms. The molecule has 1 unspecified atom stereocenters. The van der Waals surface area contributed by atoms with Gasteiger partial charge in [-0.1, -0.05) is 39.0 Å². The van der Waals surface area contributed by atoms with Crippen LogP contribution in [0, 0.1) is 18.8 Å². The lowest BCUT2D eigenvalue weighted by Gasteiger charge is -2.21. The Hall–Kier alpha value is -2.43. The van der Waals surface area contributed by atoms with Gasteiger partial charge >= 0.3 is 5.97 Å². The molecule has 7 nitrogen and oxygen atoms in total. The third kappa shape index (κ3) is 6.58. The van der Waals surface area contributed by atoms with E-state index in [1.165, 1.54) is 32.9 Å². The number of nitrogens with one attached hydrogen (secondary N) is 1. The van der Waals surface area contributed by atoms with E-state index in [-0.39, 0.29) is 36.1 Å². The summed E-state index contributed by atoms with van der Waals surface area (Å²) in [7, 11) is 0. The number of nitrogens with zero attached hydrogens (tertiary/aromatic N) is 2. The highest BCUT2D eigenvalue weighted by atomic mass is 32.2. The first-order valence-electron chi connectivity index (χ1n) is 13.1. The van der Waals surface area contributed by atoms with E-state index >= 15 is 0 Å². The minimum atomic E-state index is -0.379. The van der Waals surface area contributed by atoms with E-state index < -0.39 is 0 Å². The Morgan fingerprint density at radius 1 is 1.29 bits per heavy atom. The molecule has 2 amide bonds. The molecule has 10 heteroatoms. The number of carbonyl (C=O) groups is 3. The van der Waals surface area contributed by atoms with Crippen molar-refractivity contribution in [2.75, 3.05) is 24.2 Å². The third-order valence-corrected chi connectivity index (χ3v) is 9.60. The fourth-order valence-corrected chi connectivity index (χ4v) is 7.62. The monoisotopic (exact) mass is 573 g/mol. The topological polar surface area (TPSA) is 88.1 Å². The van der Waals surface area contributed by atoms with Crippen molar-refractivity contribution in [3.8, 4) is 0 Å². The number of anilines is 1. The second-order valence-electron chi connectivity index (χ2n) is 9.96. The number of amidine groups is 1. The molecular weight excluding hydrogens is 539 g/mol. The van der Waals surface area contributed by atoms with Crippen LogP contribution in [0.5, 0.6) is 0 Å². The predicted molar refractivity (Wildman–Crippen MR) is 158 cm³/mol. The minimum absolute atomic E-state index is 0.0779. The van der Waals surface area contributed by atoms with Gasteiger partial charge < -0.3 is 10.1 Å². The van der Waals surface area contributed by atoms with Crippen LogP contribution >= 0.6 is 34.4 Å². The van der Waals surface area contributed by atoms with Crippen molar-refractivity contribution in [1.29, 1.82) is 0 Å². The summed E-state index contributed by atoms with van der Waals surface area (Å²) in [4.78, 5) is 48.6. The van der Waals surface area contributed by atoms with Crippen LogP contribution < -0.4 is 5.32 Å². The van der Waals surface area contributed by atoms with Gasteiger partial charge in [-0.2, -0.15) is 0 Å². The summed E-state index contributed by atoms with van der Waals surface area (Å²) in [6.45, 7) is 10.9. The number of rotatable bonds is 9. The number of fused-ring (bicyclic) bond motifs is 1. The van der Waals surface area contributed by atoms with Gasteiger partial charge in [-0.05, 0) is 68.7 Å². The van der Waals surface area contributed by atoms with Gasteiger partial charge in [0.25, 0.3) is 5.91 Å². The number of esters is 1. The molecule has 2 aliphatic rings. The normalized spacial score (nSPS) is 18.2. The Labute approximate surface area is 236 Å². The molecule has 1 aliphatic carbocycles. The molecule has 1 aliphatic heterocycles. The number of aryl methyl sites for hydroxylation is 1. The van der Waals surface area contributed by atoms with E-state index in [1.807, 2.05) is 39.0 Å². The maximum absolute atomic E-state index is 13.1. The van der Waals surface area contributed by atoms with Gasteiger partial charge in [0, 0.05) is 21.2 Å². The van der Waals surface area contributed by atoms with Crippen LogP contribution in [0.1, 0.15) is 71.1 Å². The standard InChI is InChI=1S/C28H35N3O4S3/c1-6-18-9-11-20-22(12-18)38-25(24(20)27(34)35-7-2)30-23(32)15-36-28-29-21(13-19-10-8-17(5)37-19)26(33)31(28)14-16(3)4/h8,10,13,16,18H,6-7,9,11-12,14-15H2,1-5H3,(H,30,32)/b21-13+. The number of amides is 2. The molecule has 3 heterocycles. The van der Waals surface area contributed by atoms with E-state index in [0.717, 1.165) is 36.1 Å². The maximum atomic E-state index is 13.1. The zero-order valence-electron chi connectivity index (χ0n) is 22.6. The molecule has 0 radical (unpaired) electrons. The number of hydrogen-bond acceptors (Lipinski definition) is 8. The molecule has 4 rings (SSSR count). The van der Waals surface area contributed by atoms with Crippen molar-refractivity contribution in [2.24, 2.45) is 16.8 Å². The van der Waals surface area contributed by atoms with Gasteiger partial charge in [0.05, 0.1) is 17.9 Å². The van der Waals surface area contributed by atoms with E-state index in [4.69, 9.17) is 4.74 Å². The highest BCUT2D eigenvalue weighted by molar-refractivity contribution is 8.14. The number of ether oxygens (including phenoxy) is 1. The van der Waals surface area contributed by atoms with Crippen LogP contribution in [0.3, 0.4) is 0 Å². The van der Waals surface area contributed by atoms with Gasteiger partial charge in [0.1, 0.15) is 10.7 Å². The van der Waals surface area contributed by atoms with Crippen LogP contribution in [0.2, 0.25) is 0 Å². The Morgan fingerprint density at radius 2 is 2.08 bits per heavy atom. The summed E-state index contributed by atoms with van der Waals surface area (Å²) in [5.41, 5.74) is 1.91. The van der Waals surface area contributed by atoms with Crippen molar-refractivity contribution < 1.29 is 19.1 Å². The van der Waals surface area contributed by atoms with Gasteiger partial charge in [0.2, 0.25) is 5.91 Å². The van der Waals surface area contributed by atoms with E-state index in [1.54, 1.807) is 23.2 Å². The van der Waals surface area contributed by atoms with E-state index in [2.05, 4.69) is 17.2 Å². The average molecular weight is 574 g/mol. The molecule has 204 valence electrons. The number of thioether (sulfide) groups is 1. The van der Waals surface area contributed by atoms with Crippen LogP contribution in [0.25, 0.3) is 6.08 Å². The molecule has 1 atom stereocenters.